The van der Waals surface area contributed by atoms with Crippen molar-refractivity contribution in [2.45, 2.75) is 13.0 Å². The second kappa shape index (κ2) is 8.74. The van der Waals surface area contributed by atoms with Crippen LogP contribution >= 0.6 is 12.4 Å². The number of carbonyl (C=O) groups is 1. The summed E-state index contributed by atoms with van der Waals surface area (Å²) in [6, 6.07) is 6.49. The molecule has 0 heterocycles. The Morgan fingerprint density at radius 2 is 2.22 bits per heavy atom. The quantitative estimate of drug-likeness (QED) is 0.823. The van der Waals surface area contributed by atoms with E-state index in [1.54, 1.807) is 12.1 Å². The fourth-order valence-electron chi connectivity index (χ4n) is 1.32. The first-order chi connectivity index (χ1) is 8.17. The number of amides is 1. The average Bonchev–Trinajstić information content (AvgIpc) is 2.30. The van der Waals surface area contributed by atoms with E-state index >= 15 is 0 Å². The van der Waals surface area contributed by atoms with Crippen molar-refractivity contribution in [2.24, 2.45) is 5.73 Å². The summed E-state index contributed by atoms with van der Waals surface area (Å²) in [6.07, 6.45) is 0. The third-order valence-electron chi connectivity index (χ3n) is 2.10. The van der Waals surface area contributed by atoms with Crippen LogP contribution in [0, 0.1) is 0 Å². The average molecular weight is 275 g/mol. The summed E-state index contributed by atoms with van der Waals surface area (Å²) in [4.78, 5) is 11.6. The summed E-state index contributed by atoms with van der Waals surface area (Å²) in [6.45, 7) is 2.68. The van der Waals surface area contributed by atoms with Gasteiger partial charge in [0.2, 0.25) is 5.91 Å². The molecule has 0 saturated heterocycles. The highest BCUT2D eigenvalue weighted by Crippen LogP contribution is 2.17. The maximum absolute atomic E-state index is 11.6. The Morgan fingerprint density at radius 3 is 2.83 bits per heavy atom. The number of methoxy groups -OCH3 is 1. The number of benzene rings is 1. The van der Waals surface area contributed by atoms with Gasteiger partial charge in [0.15, 0.2) is 0 Å². The first-order valence-corrected chi connectivity index (χ1v) is 5.45. The van der Waals surface area contributed by atoms with Gasteiger partial charge in [-0.1, -0.05) is 6.07 Å². The second-order valence-corrected chi connectivity index (χ2v) is 3.51. The van der Waals surface area contributed by atoms with E-state index in [9.17, 15) is 4.79 Å². The predicted octanol–water partition coefficient (Wildman–Crippen LogP) is 1.42. The van der Waals surface area contributed by atoms with E-state index in [1.807, 2.05) is 19.1 Å². The minimum Gasteiger partial charge on any atom is -0.494 e. The maximum Gasteiger partial charge on any atom is 0.243 e. The van der Waals surface area contributed by atoms with Gasteiger partial charge in [-0.05, 0) is 19.1 Å². The fourth-order valence-corrected chi connectivity index (χ4v) is 1.32. The molecule has 1 aromatic rings. The molecule has 0 spiro atoms. The molecule has 0 aliphatic rings. The first-order valence-electron chi connectivity index (χ1n) is 5.45. The van der Waals surface area contributed by atoms with Gasteiger partial charge >= 0.3 is 0 Å². The van der Waals surface area contributed by atoms with Crippen molar-refractivity contribution in [3.8, 4) is 5.75 Å². The highest BCUT2D eigenvalue weighted by molar-refractivity contribution is 5.94. The number of hydrogen-bond donors (Lipinski definition) is 2. The minimum atomic E-state index is -0.671. The Balaban J connectivity index is 0.00000289. The van der Waals surface area contributed by atoms with Gasteiger partial charge in [0.25, 0.3) is 0 Å². The van der Waals surface area contributed by atoms with Crippen LogP contribution in [0.4, 0.5) is 5.69 Å². The van der Waals surface area contributed by atoms with Crippen LogP contribution in [0.2, 0.25) is 0 Å². The van der Waals surface area contributed by atoms with E-state index in [2.05, 4.69) is 5.32 Å². The van der Waals surface area contributed by atoms with Gasteiger partial charge in [-0.2, -0.15) is 0 Å². The number of rotatable bonds is 6. The Labute approximate surface area is 113 Å². The molecule has 0 fully saturated rings. The van der Waals surface area contributed by atoms with Crippen LogP contribution in [0.5, 0.6) is 5.75 Å². The van der Waals surface area contributed by atoms with Gasteiger partial charge < -0.3 is 20.5 Å². The SMILES string of the molecule is CCOc1cccc(NC(=O)C(N)COC)c1.Cl. The lowest BCUT2D eigenvalue weighted by molar-refractivity contribution is -0.118. The molecule has 1 amide bonds. The molecule has 0 aliphatic heterocycles. The van der Waals surface area contributed by atoms with Crippen molar-refractivity contribution in [3.63, 3.8) is 0 Å². The van der Waals surface area contributed by atoms with E-state index in [0.717, 1.165) is 0 Å². The Hall–Kier alpha value is -1.30. The molecule has 0 aliphatic carbocycles. The molecule has 1 unspecified atom stereocenters. The lowest BCUT2D eigenvalue weighted by Crippen LogP contribution is -2.39. The van der Waals surface area contributed by atoms with E-state index in [-0.39, 0.29) is 24.9 Å². The van der Waals surface area contributed by atoms with E-state index in [0.29, 0.717) is 18.0 Å². The monoisotopic (exact) mass is 274 g/mol. The zero-order valence-electron chi connectivity index (χ0n) is 10.5. The normalized spacial score (nSPS) is 11.3. The number of ether oxygens (including phenoxy) is 2. The second-order valence-electron chi connectivity index (χ2n) is 3.51. The molecule has 6 heteroatoms. The Bertz CT molecular complexity index is 374. The van der Waals surface area contributed by atoms with E-state index in [1.165, 1.54) is 7.11 Å². The van der Waals surface area contributed by atoms with Crippen molar-refractivity contribution in [3.05, 3.63) is 24.3 Å². The summed E-state index contributed by atoms with van der Waals surface area (Å²) < 4.78 is 10.1. The third-order valence-corrected chi connectivity index (χ3v) is 2.10. The molecule has 1 rings (SSSR count). The van der Waals surface area contributed by atoms with Crippen LogP contribution in [-0.2, 0) is 9.53 Å². The smallest absolute Gasteiger partial charge is 0.243 e. The van der Waals surface area contributed by atoms with E-state index in [4.69, 9.17) is 15.2 Å². The number of nitrogens with one attached hydrogen (secondary N) is 1. The molecule has 102 valence electrons. The molecule has 1 aromatic carbocycles. The van der Waals surface area contributed by atoms with Gasteiger partial charge in [0, 0.05) is 18.9 Å². The molecule has 0 bridgehead atoms. The van der Waals surface area contributed by atoms with Gasteiger partial charge in [0.05, 0.1) is 13.2 Å². The van der Waals surface area contributed by atoms with Crippen LogP contribution in [0.25, 0.3) is 0 Å². The topological polar surface area (TPSA) is 73.6 Å². The summed E-state index contributed by atoms with van der Waals surface area (Å²) in [7, 11) is 1.50. The third kappa shape index (κ3) is 5.35. The predicted molar refractivity (Wildman–Crippen MR) is 73.3 cm³/mol. The zero-order chi connectivity index (χ0) is 12.7. The zero-order valence-corrected chi connectivity index (χ0v) is 11.3. The van der Waals surface area contributed by atoms with E-state index < -0.39 is 6.04 Å². The van der Waals surface area contributed by atoms with Gasteiger partial charge in [-0.15, -0.1) is 12.4 Å². The first kappa shape index (κ1) is 16.7. The molecule has 0 radical (unpaired) electrons. The van der Waals surface area contributed by atoms with Crippen LogP contribution in [0.3, 0.4) is 0 Å². The van der Waals surface area contributed by atoms with Crippen molar-refractivity contribution >= 4 is 24.0 Å². The summed E-state index contributed by atoms with van der Waals surface area (Å²) in [5.74, 6) is 0.436. The molecular formula is C12H19ClN2O3. The van der Waals surface area contributed by atoms with Crippen LogP contribution in [0.15, 0.2) is 24.3 Å². The Morgan fingerprint density at radius 1 is 1.50 bits per heavy atom. The lowest BCUT2D eigenvalue weighted by Gasteiger charge is -2.12. The molecule has 0 aromatic heterocycles. The van der Waals surface area contributed by atoms with Crippen LogP contribution < -0.4 is 15.8 Å². The summed E-state index contributed by atoms with van der Waals surface area (Å²) in [5.41, 5.74) is 6.26. The summed E-state index contributed by atoms with van der Waals surface area (Å²) in [5, 5.41) is 2.70. The number of hydrogen-bond acceptors (Lipinski definition) is 4. The number of anilines is 1. The van der Waals surface area contributed by atoms with Crippen molar-refractivity contribution in [1.82, 2.24) is 0 Å². The van der Waals surface area contributed by atoms with Crippen molar-refractivity contribution in [2.75, 3.05) is 25.6 Å². The highest BCUT2D eigenvalue weighted by atomic mass is 35.5. The van der Waals surface area contributed by atoms with Crippen LogP contribution in [-0.4, -0.2) is 32.3 Å². The van der Waals surface area contributed by atoms with Gasteiger partial charge in [-0.3, -0.25) is 4.79 Å². The van der Waals surface area contributed by atoms with Crippen molar-refractivity contribution in [1.29, 1.82) is 0 Å². The van der Waals surface area contributed by atoms with Crippen LogP contribution in [0.1, 0.15) is 6.92 Å². The van der Waals surface area contributed by atoms with Gasteiger partial charge in [0.1, 0.15) is 11.8 Å². The number of carbonyl (C=O) groups excluding carboxylic acids is 1. The molecule has 18 heavy (non-hydrogen) atoms. The Kier molecular flexibility index (Phi) is 8.11. The number of halogens is 1. The largest absolute Gasteiger partial charge is 0.494 e. The van der Waals surface area contributed by atoms with Gasteiger partial charge in [-0.25, -0.2) is 0 Å². The maximum atomic E-state index is 11.6. The minimum absolute atomic E-state index is 0. The molecule has 0 saturated carbocycles. The molecule has 3 N–H and O–H groups in total. The molecular weight excluding hydrogens is 256 g/mol. The number of nitrogens with two attached hydrogens (primary N) is 1. The fraction of sp³-hybridized carbons (Fsp3) is 0.417. The highest BCUT2D eigenvalue weighted by Gasteiger charge is 2.13. The standard InChI is InChI=1S/C12H18N2O3.ClH/c1-3-17-10-6-4-5-9(7-10)14-12(15)11(13)8-16-2;/h4-7,11H,3,8,13H2,1-2H3,(H,14,15);1H. The van der Waals surface area contributed by atoms with Crippen molar-refractivity contribution < 1.29 is 14.3 Å². The lowest BCUT2D eigenvalue weighted by atomic mass is 10.2. The molecule has 5 nitrogen and oxygen atoms in total. The summed E-state index contributed by atoms with van der Waals surface area (Å²) >= 11 is 0. The molecule has 1 atom stereocenters.